The van der Waals surface area contributed by atoms with Crippen LogP contribution in [0.4, 0.5) is 19.2 Å². The van der Waals surface area contributed by atoms with Crippen LogP contribution in [-0.2, 0) is 47.5 Å². The van der Waals surface area contributed by atoms with Crippen LogP contribution in [-0.4, -0.2) is 127 Å². The van der Waals surface area contributed by atoms with Crippen molar-refractivity contribution in [3.63, 3.8) is 0 Å². The lowest BCUT2D eigenvalue weighted by molar-refractivity contribution is -0.140. The molecule has 18 nitrogen and oxygen atoms in total. The van der Waals surface area contributed by atoms with E-state index in [1.807, 2.05) is 27.7 Å². The van der Waals surface area contributed by atoms with Crippen LogP contribution in [0.1, 0.15) is 81.1 Å². The molecule has 0 radical (unpaired) electrons. The molecule has 0 aliphatic carbocycles. The lowest BCUT2D eigenvalue weighted by atomic mass is 9.82. The van der Waals surface area contributed by atoms with Crippen molar-refractivity contribution in [3.8, 4) is 0 Å². The molecule has 0 aromatic carbocycles. The smallest absolute Gasteiger partial charge is 0.407 e. The molecule has 0 saturated carbocycles. The average Bonchev–Trinajstić information content (AvgIpc) is 3.72. The Balaban J connectivity index is 1.59. The Labute approximate surface area is 342 Å². The molecule has 4 N–H and O–H groups in total. The van der Waals surface area contributed by atoms with E-state index in [4.69, 9.17) is 37.9 Å². The molecule has 6 unspecified atom stereocenters. The fourth-order valence-electron chi connectivity index (χ4n) is 6.57. The van der Waals surface area contributed by atoms with Gasteiger partial charge in [-0.15, -0.1) is 0 Å². The molecule has 330 valence electrons. The third-order valence-corrected chi connectivity index (χ3v) is 9.31. The standard InChI is InChI=1S/C40H66N4O14/c1-25(2)33(45)51-15-17-53-35(47)43-23-39(7,8)19-27(5)11-13-41-37(49)57-29-21-55-32-30(22-56-31(29)32)58-38(50)42-14-12-28(6)20-40(9,10)24-44-36(48)54-18-16-52-34(46)26(3)4/h27-32H,1,3,11-24H2,2,4-10H3,(H,41,49)(H,42,50)(H,43,47)(H,44,48). The summed E-state index contributed by atoms with van der Waals surface area (Å²) in [7, 11) is 0. The molecule has 2 saturated heterocycles. The van der Waals surface area contributed by atoms with Crippen LogP contribution in [0.3, 0.4) is 0 Å². The summed E-state index contributed by atoms with van der Waals surface area (Å²) in [5, 5.41) is 11.0. The Hall–Kier alpha value is -4.58. The van der Waals surface area contributed by atoms with Crippen LogP contribution in [0.25, 0.3) is 0 Å². The van der Waals surface area contributed by atoms with Crippen molar-refractivity contribution in [2.45, 2.75) is 105 Å². The first-order chi connectivity index (χ1) is 27.2. The van der Waals surface area contributed by atoms with E-state index in [-0.39, 0.29) is 73.5 Å². The number of rotatable bonds is 24. The minimum Gasteiger partial charge on any atom is -0.459 e. The second-order valence-corrected chi connectivity index (χ2v) is 16.7. The maximum atomic E-state index is 12.6. The Morgan fingerprint density at radius 1 is 0.586 bits per heavy atom. The summed E-state index contributed by atoms with van der Waals surface area (Å²) in [4.78, 5) is 72.0. The van der Waals surface area contributed by atoms with Gasteiger partial charge in [0.2, 0.25) is 0 Å². The van der Waals surface area contributed by atoms with Crippen LogP contribution in [0.2, 0.25) is 0 Å². The van der Waals surface area contributed by atoms with Gasteiger partial charge in [0.05, 0.1) is 13.2 Å². The number of ether oxygens (including phenoxy) is 8. The number of amides is 4. The van der Waals surface area contributed by atoms with Crippen LogP contribution in [0.15, 0.2) is 24.3 Å². The highest BCUT2D eigenvalue weighted by atomic mass is 16.7. The topological polar surface area (TPSA) is 224 Å². The molecule has 2 aliphatic rings. The molecule has 0 bridgehead atoms. The van der Waals surface area contributed by atoms with Gasteiger partial charge >= 0.3 is 36.3 Å². The minimum absolute atomic E-state index is 0.0565. The van der Waals surface area contributed by atoms with Gasteiger partial charge < -0.3 is 59.2 Å². The summed E-state index contributed by atoms with van der Waals surface area (Å²) in [6, 6.07) is 0. The first-order valence-electron chi connectivity index (χ1n) is 19.8. The molecule has 58 heavy (non-hydrogen) atoms. The third kappa shape index (κ3) is 19.7. The zero-order chi connectivity index (χ0) is 43.5. The summed E-state index contributed by atoms with van der Waals surface area (Å²) in [6.45, 7) is 23.7. The normalized spacial score (nSPS) is 19.7. The quantitative estimate of drug-likeness (QED) is 0.0454. The van der Waals surface area contributed by atoms with Gasteiger partial charge in [0.1, 0.15) is 38.6 Å². The van der Waals surface area contributed by atoms with Crippen molar-refractivity contribution >= 4 is 36.3 Å². The van der Waals surface area contributed by atoms with Gasteiger partial charge in [0, 0.05) is 37.3 Å². The fourth-order valence-corrected chi connectivity index (χ4v) is 6.57. The zero-order valence-corrected chi connectivity index (χ0v) is 35.5. The van der Waals surface area contributed by atoms with Gasteiger partial charge in [-0.3, -0.25) is 0 Å². The first kappa shape index (κ1) is 49.6. The summed E-state index contributed by atoms with van der Waals surface area (Å²) < 4.78 is 42.7. The number of hydrogen-bond acceptors (Lipinski definition) is 14. The van der Waals surface area contributed by atoms with Crippen molar-refractivity contribution in [3.05, 3.63) is 24.3 Å². The van der Waals surface area contributed by atoms with Crippen LogP contribution >= 0.6 is 0 Å². The second-order valence-electron chi connectivity index (χ2n) is 16.7. The van der Waals surface area contributed by atoms with Crippen molar-refractivity contribution in [2.75, 3.05) is 65.8 Å². The minimum atomic E-state index is -0.658. The van der Waals surface area contributed by atoms with E-state index >= 15 is 0 Å². The van der Waals surface area contributed by atoms with Gasteiger partial charge in [-0.1, -0.05) is 54.7 Å². The number of alkyl carbamates (subject to hydrolysis) is 4. The molecule has 0 aromatic rings. The molecule has 4 amide bonds. The van der Waals surface area contributed by atoms with Crippen molar-refractivity contribution in [1.82, 2.24) is 21.3 Å². The van der Waals surface area contributed by atoms with E-state index in [9.17, 15) is 28.8 Å². The SMILES string of the molecule is C=C(C)C(=O)OCCOC(=O)NCC(C)(C)CC(C)CCNC(=O)OC1COC2C(OC(=O)NCCC(C)CC(C)(C)CNC(=O)OCCOC(=O)C(=C)C)COC12. The maximum Gasteiger partial charge on any atom is 0.407 e. The Morgan fingerprint density at radius 3 is 1.28 bits per heavy atom. The second kappa shape index (κ2) is 24.4. The van der Waals surface area contributed by atoms with E-state index in [0.717, 1.165) is 12.8 Å². The largest absolute Gasteiger partial charge is 0.459 e. The Kier molecular flexibility index (Phi) is 20.8. The van der Waals surface area contributed by atoms with Crippen molar-refractivity contribution in [1.29, 1.82) is 0 Å². The fraction of sp³-hybridized carbons (Fsp3) is 0.750. The van der Waals surface area contributed by atoms with Gasteiger partial charge in [0.25, 0.3) is 0 Å². The highest BCUT2D eigenvalue weighted by Gasteiger charge is 2.51. The molecule has 6 atom stereocenters. The predicted octanol–water partition coefficient (Wildman–Crippen LogP) is 4.55. The van der Waals surface area contributed by atoms with E-state index < -0.39 is 60.7 Å². The number of esters is 2. The van der Waals surface area contributed by atoms with E-state index in [0.29, 0.717) is 39.0 Å². The molecule has 2 heterocycles. The monoisotopic (exact) mass is 826 g/mol. The maximum absolute atomic E-state index is 12.6. The number of fused-ring (bicyclic) bond motifs is 1. The Bertz CT molecular complexity index is 1320. The van der Waals surface area contributed by atoms with E-state index in [1.165, 1.54) is 13.8 Å². The molecule has 0 spiro atoms. The number of carbonyl (C=O) groups is 6. The van der Waals surface area contributed by atoms with Crippen LogP contribution in [0.5, 0.6) is 0 Å². The highest BCUT2D eigenvalue weighted by molar-refractivity contribution is 5.87. The molecular weight excluding hydrogens is 760 g/mol. The number of hydrogen-bond donors (Lipinski definition) is 4. The van der Waals surface area contributed by atoms with Crippen molar-refractivity contribution in [2.24, 2.45) is 22.7 Å². The summed E-state index contributed by atoms with van der Waals surface area (Å²) in [6.07, 6.45) is -1.98. The van der Waals surface area contributed by atoms with Gasteiger partial charge in [-0.2, -0.15) is 0 Å². The third-order valence-electron chi connectivity index (χ3n) is 9.31. The summed E-state index contributed by atoms with van der Waals surface area (Å²) >= 11 is 0. The first-order valence-corrected chi connectivity index (χ1v) is 19.8. The van der Waals surface area contributed by atoms with Gasteiger partial charge in [-0.25, -0.2) is 28.8 Å². The molecule has 2 fully saturated rings. The average molecular weight is 827 g/mol. The van der Waals surface area contributed by atoms with Gasteiger partial charge in [0.15, 0.2) is 12.2 Å². The molecule has 2 aliphatic heterocycles. The number of nitrogens with one attached hydrogen (secondary N) is 4. The summed E-state index contributed by atoms with van der Waals surface area (Å²) in [5.74, 6) is -0.656. The van der Waals surface area contributed by atoms with Gasteiger partial charge in [-0.05, 0) is 62.2 Å². The van der Waals surface area contributed by atoms with Crippen LogP contribution < -0.4 is 21.3 Å². The Morgan fingerprint density at radius 2 is 0.931 bits per heavy atom. The molecule has 2 rings (SSSR count). The highest BCUT2D eigenvalue weighted by Crippen LogP contribution is 2.31. The number of carbonyl (C=O) groups excluding carboxylic acids is 6. The zero-order valence-electron chi connectivity index (χ0n) is 35.5. The molecule has 0 aromatic heterocycles. The molecule has 18 heteroatoms. The van der Waals surface area contributed by atoms with E-state index in [1.54, 1.807) is 0 Å². The molecular formula is C40H66N4O14. The summed E-state index contributed by atoms with van der Waals surface area (Å²) in [5.41, 5.74) is 0.0321. The van der Waals surface area contributed by atoms with Crippen molar-refractivity contribution < 1.29 is 66.7 Å². The predicted molar refractivity (Wildman–Crippen MR) is 211 cm³/mol. The lowest BCUT2D eigenvalue weighted by Gasteiger charge is -2.28. The van der Waals surface area contributed by atoms with Crippen LogP contribution in [0, 0.1) is 22.7 Å². The lowest BCUT2D eigenvalue weighted by Crippen LogP contribution is -2.40. The van der Waals surface area contributed by atoms with E-state index in [2.05, 4.69) is 48.3 Å².